The molecule has 0 amide bonds. The van der Waals surface area contributed by atoms with Gasteiger partial charge in [-0.3, -0.25) is 4.90 Å². The number of rotatable bonds is 4. The van der Waals surface area contributed by atoms with Crippen molar-refractivity contribution in [2.24, 2.45) is 0 Å². The predicted molar refractivity (Wildman–Crippen MR) is 67.7 cm³/mol. The summed E-state index contributed by atoms with van der Waals surface area (Å²) in [5.41, 5.74) is 7.94. The number of halogens is 1. The zero-order chi connectivity index (χ0) is 10.8. The molecule has 82 valence electrons. The van der Waals surface area contributed by atoms with Crippen LogP contribution in [-0.2, 0) is 6.54 Å². The highest BCUT2D eigenvalue weighted by Gasteiger charge is 2.27. The van der Waals surface area contributed by atoms with E-state index >= 15 is 0 Å². The summed E-state index contributed by atoms with van der Waals surface area (Å²) < 4.78 is 1.16. The van der Waals surface area contributed by atoms with Gasteiger partial charge >= 0.3 is 0 Å². The third-order valence-electron chi connectivity index (χ3n) is 2.91. The summed E-state index contributed by atoms with van der Waals surface area (Å²) in [5.74, 6) is 0. The average molecular weight is 269 g/mol. The number of nitrogen functional groups attached to an aromatic ring is 1. The second-order valence-corrected chi connectivity index (χ2v) is 5.00. The summed E-state index contributed by atoms with van der Waals surface area (Å²) in [6, 6.07) is 6.84. The normalized spacial score (nSPS) is 15.9. The van der Waals surface area contributed by atoms with Gasteiger partial charge in [0.05, 0.1) is 0 Å². The van der Waals surface area contributed by atoms with E-state index in [1.54, 1.807) is 0 Å². The molecule has 2 N–H and O–H groups in total. The van der Waals surface area contributed by atoms with Crippen LogP contribution in [-0.4, -0.2) is 17.5 Å². The smallest absolute Gasteiger partial charge is 0.0318 e. The van der Waals surface area contributed by atoms with Crippen molar-refractivity contribution in [1.29, 1.82) is 0 Å². The van der Waals surface area contributed by atoms with E-state index in [-0.39, 0.29) is 0 Å². The maximum absolute atomic E-state index is 5.80. The summed E-state index contributed by atoms with van der Waals surface area (Å²) in [6.45, 7) is 4.34. The minimum atomic E-state index is 0.809. The minimum Gasteiger partial charge on any atom is -0.399 e. The first-order valence-electron chi connectivity index (χ1n) is 5.48. The summed E-state index contributed by atoms with van der Waals surface area (Å²) >= 11 is 3.58. The molecule has 1 fully saturated rings. The van der Waals surface area contributed by atoms with Gasteiger partial charge in [0, 0.05) is 22.7 Å². The molecule has 2 nitrogen and oxygen atoms in total. The molecule has 0 atom stereocenters. The Labute approximate surface area is 99.6 Å². The fourth-order valence-corrected chi connectivity index (χ4v) is 2.25. The van der Waals surface area contributed by atoms with Gasteiger partial charge < -0.3 is 5.73 Å². The van der Waals surface area contributed by atoms with Crippen LogP contribution in [0.1, 0.15) is 25.3 Å². The molecule has 3 heteroatoms. The van der Waals surface area contributed by atoms with Crippen LogP contribution >= 0.6 is 15.9 Å². The highest BCUT2D eigenvalue weighted by Crippen LogP contribution is 2.30. The van der Waals surface area contributed by atoms with Crippen LogP contribution in [0, 0.1) is 0 Å². The number of hydrogen-bond acceptors (Lipinski definition) is 2. The minimum absolute atomic E-state index is 0.809. The van der Waals surface area contributed by atoms with E-state index in [2.05, 4.69) is 33.8 Å². The zero-order valence-corrected chi connectivity index (χ0v) is 10.6. The molecule has 1 aromatic rings. The molecular weight excluding hydrogens is 252 g/mol. The zero-order valence-electron chi connectivity index (χ0n) is 9.04. The summed E-state index contributed by atoms with van der Waals surface area (Å²) in [5, 5.41) is 0. The molecule has 1 aliphatic rings. The van der Waals surface area contributed by atoms with Crippen molar-refractivity contribution in [1.82, 2.24) is 4.90 Å². The molecule has 2 rings (SSSR count). The Morgan fingerprint density at radius 1 is 1.47 bits per heavy atom. The van der Waals surface area contributed by atoms with E-state index in [9.17, 15) is 0 Å². The van der Waals surface area contributed by atoms with Crippen LogP contribution in [0.2, 0.25) is 0 Å². The lowest BCUT2D eigenvalue weighted by Gasteiger charge is -2.20. The van der Waals surface area contributed by atoms with Crippen LogP contribution in [0.5, 0.6) is 0 Å². The molecule has 1 aliphatic carbocycles. The Morgan fingerprint density at radius 2 is 2.20 bits per heavy atom. The van der Waals surface area contributed by atoms with Gasteiger partial charge in [-0.05, 0) is 43.1 Å². The molecule has 15 heavy (non-hydrogen) atoms. The van der Waals surface area contributed by atoms with Gasteiger partial charge in [0.2, 0.25) is 0 Å². The summed E-state index contributed by atoms with van der Waals surface area (Å²) in [4.78, 5) is 2.51. The van der Waals surface area contributed by atoms with Gasteiger partial charge in [0.15, 0.2) is 0 Å². The van der Waals surface area contributed by atoms with Crippen LogP contribution in [0.3, 0.4) is 0 Å². The van der Waals surface area contributed by atoms with Crippen molar-refractivity contribution in [3.05, 3.63) is 28.2 Å². The molecule has 0 unspecified atom stereocenters. The van der Waals surface area contributed by atoms with Gasteiger partial charge in [-0.25, -0.2) is 0 Å². The second-order valence-electron chi connectivity index (χ2n) is 4.15. The molecule has 0 aliphatic heterocycles. The number of nitrogens with two attached hydrogens (primary N) is 1. The Kier molecular flexibility index (Phi) is 3.32. The maximum Gasteiger partial charge on any atom is 0.0318 e. The first-order chi connectivity index (χ1) is 7.20. The van der Waals surface area contributed by atoms with Gasteiger partial charge in [-0.15, -0.1) is 0 Å². The lowest BCUT2D eigenvalue weighted by atomic mass is 10.2. The van der Waals surface area contributed by atoms with Gasteiger partial charge in [0.1, 0.15) is 0 Å². The summed E-state index contributed by atoms with van der Waals surface area (Å²) in [6.07, 6.45) is 2.71. The molecular formula is C12H17BrN2. The Bertz CT molecular complexity index is 347. The third kappa shape index (κ3) is 2.73. The molecule has 0 spiro atoms. The van der Waals surface area contributed by atoms with Crippen molar-refractivity contribution < 1.29 is 0 Å². The first kappa shape index (κ1) is 11.0. The molecule has 1 saturated carbocycles. The molecule has 0 aromatic heterocycles. The highest BCUT2D eigenvalue weighted by molar-refractivity contribution is 9.10. The van der Waals surface area contributed by atoms with E-state index in [1.807, 2.05) is 12.1 Å². The largest absolute Gasteiger partial charge is 0.399 e. The highest BCUT2D eigenvalue weighted by atomic mass is 79.9. The van der Waals surface area contributed by atoms with Gasteiger partial charge in [-0.1, -0.05) is 22.9 Å². The monoisotopic (exact) mass is 268 g/mol. The van der Waals surface area contributed by atoms with E-state index in [1.165, 1.54) is 18.4 Å². The van der Waals surface area contributed by atoms with Gasteiger partial charge in [0.25, 0.3) is 0 Å². The lowest BCUT2D eigenvalue weighted by Crippen LogP contribution is -2.25. The van der Waals surface area contributed by atoms with E-state index in [4.69, 9.17) is 5.73 Å². The standard InChI is InChI=1S/C12H17BrN2/c1-2-15(11-4-5-11)8-9-7-10(14)3-6-12(9)13/h3,6-7,11H,2,4-5,8,14H2,1H3. The van der Waals surface area contributed by atoms with Crippen molar-refractivity contribution in [3.63, 3.8) is 0 Å². The molecule has 0 bridgehead atoms. The Morgan fingerprint density at radius 3 is 2.80 bits per heavy atom. The molecule has 1 aromatic carbocycles. The van der Waals surface area contributed by atoms with Crippen LogP contribution in [0.15, 0.2) is 22.7 Å². The summed E-state index contributed by atoms with van der Waals surface area (Å²) in [7, 11) is 0. The lowest BCUT2D eigenvalue weighted by molar-refractivity contribution is 0.269. The Balaban J connectivity index is 2.11. The van der Waals surface area contributed by atoms with E-state index in [0.29, 0.717) is 0 Å². The fraction of sp³-hybridized carbons (Fsp3) is 0.500. The van der Waals surface area contributed by atoms with Crippen molar-refractivity contribution in [2.45, 2.75) is 32.4 Å². The van der Waals surface area contributed by atoms with Crippen molar-refractivity contribution in [3.8, 4) is 0 Å². The molecule has 0 radical (unpaired) electrons. The third-order valence-corrected chi connectivity index (χ3v) is 3.69. The Hall–Kier alpha value is -0.540. The molecule has 0 saturated heterocycles. The quantitative estimate of drug-likeness (QED) is 0.851. The maximum atomic E-state index is 5.80. The first-order valence-corrected chi connectivity index (χ1v) is 6.28. The number of nitrogens with zero attached hydrogens (tertiary/aromatic N) is 1. The van der Waals surface area contributed by atoms with Crippen LogP contribution < -0.4 is 5.73 Å². The van der Waals surface area contributed by atoms with Crippen LogP contribution in [0.25, 0.3) is 0 Å². The van der Waals surface area contributed by atoms with Gasteiger partial charge in [-0.2, -0.15) is 0 Å². The number of hydrogen-bond donors (Lipinski definition) is 1. The van der Waals surface area contributed by atoms with Crippen molar-refractivity contribution in [2.75, 3.05) is 12.3 Å². The topological polar surface area (TPSA) is 29.3 Å². The number of benzene rings is 1. The second kappa shape index (κ2) is 4.54. The van der Waals surface area contributed by atoms with Crippen LogP contribution in [0.4, 0.5) is 5.69 Å². The number of anilines is 1. The van der Waals surface area contributed by atoms with E-state index < -0.39 is 0 Å². The van der Waals surface area contributed by atoms with E-state index in [0.717, 1.165) is 29.3 Å². The molecule has 0 heterocycles. The average Bonchev–Trinajstić information content (AvgIpc) is 3.03. The van der Waals surface area contributed by atoms with Crippen molar-refractivity contribution >= 4 is 21.6 Å². The fourth-order valence-electron chi connectivity index (χ4n) is 1.87. The SMILES string of the molecule is CCN(Cc1cc(N)ccc1Br)C1CC1. The predicted octanol–water partition coefficient (Wildman–Crippen LogP) is 3.02.